The quantitative estimate of drug-likeness (QED) is 0.509. The fourth-order valence-electron chi connectivity index (χ4n) is 4.89. The molecule has 9 heteroatoms. The summed E-state index contributed by atoms with van der Waals surface area (Å²) in [5, 5.41) is 11.5. The van der Waals surface area contributed by atoms with E-state index in [-0.39, 0.29) is 17.8 Å². The van der Waals surface area contributed by atoms with E-state index < -0.39 is 6.35 Å². The number of hydrogen-bond acceptors (Lipinski definition) is 7. The summed E-state index contributed by atoms with van der Waals surface area (Å²) in [5.41, 5.74) is 9.25. The van der Waals surface area contributed by atoms with Crippen LogP contribution in [0.15, 0.2) is 73.4 Å². The zero-order valence-electron chi connectivity index (χ0n) is 19.8. The van der Waals surface area contributed by atoms with Crippen LogP contribution in [0.5, 0.6) is 5.75 Å². The molecule has 3 aromatic rings. The number of piperidine rings is 1. The van der Waals surface area contributed by atoms with Crippen molar-refractivity contribution in [2.24, 2.45) is 0 Å². The molecule has 0 saturated carbocycles. The third kappa shape index (κ3) is 4.45. The van der Waals surface area contributed by atoms with Crippen molar-refractivity contribution < 1.29 is 19.0 Å². The van der Waals surface area contributed by atoms with Crippen LogP contribution in [0.25, 0.3) is 0 Å². The predicted molar refractivity (Wildman–Crippen MR) is 136 cm³/mol. The lowest BCUT2D eigenvalue weighted by atomic mass is 10.0. The van der Waals surface area contributed by atoms with Gasteiger partial charge in [-0.1, -0.05) is 18.7 Å². The maximum absolute atomic E-state index is 13.1. The first kappa shape index (κ1) is 23.6. The number of hydrogen-bond donors (Lipinski definition) is 2. The molecule has 0 radical (unpaired) electrons. The standard InChI is InChI=1S/C27H28FN5O3/c1-2-24(34)31-15-3-4-21(16-31)32-23-13-14-30-26(29)25(23)33(27(32)35)20-9-11-22(12-10-20)36-17-18-5-7-19(28)8-6-18/h2,5-14,21,27,35H,1,3-4,15-17H2,(H2,29,30). The third-order valence-electron chi connectivity index (χ3n) is 6.64. The number of likely N-dealkylation sites (tertiary alicyclic amines) is 1. The normalized spacial score (nSPS) is 19.2. The van der Waals surface area contributed by atoms with Gasteiger partial charge in [-0.05, 0) is 66.9 Å². The maximum Gasteiger partial charge on any atom is 0.246 e. The molecule has 0 bridgehead atoms. The molecule has 1 saturated heterocycles. The fraction of sp³-hybridized carbons (Fsp3) is 0.259. The van der Waals surface area contributed by atoms with Crippen LogP contribution in [0.3, 0.4) is 0 Å². The molecular weight excluding hydrogens is 461 g/mol. The van der Waals surface area contributed by atoms with Crippen LogP contribution in [0.2, 0.25) is 0 Å². The second-order valence-electron chi connectivity index (χ2n) is 8.88. The average molecular weight is 490 g/mol. The molecule has 2 aromatic carbocycles. The zero-order valence-corrected chi connectivity index (χ0v) is 19.8. The van der Waals surface area contributed by atoms with E-state index in [1.165, 1.54) is 18.2 Å². The Bertz CT molecular complexity index is 1250. The van der Waals surface area contributed by atoms with Crippen molar-refractivity contribution in [3.63, 3.8) is 0 Å². The molecular formula is C27H28FN5O3. The number of nitrogens with two attached hydrogens (primary N) is 1. The Morgan fingerprint density at radius 2 is 1.94 bits per heavy atom. The number of benzene rings is 2. The Kier molecular flexibility index (Phi) is 6.47. The lowest BCUT2D eigenvalue weighted by molar-refractivity contribution is -0.127. The van der Waals surface area contributed by atoms with Crippen LogP contribution in [-0.4, -0.2) is 46.4 Å². The summed E-state index contributed by atoms with van der Waals surface area (Å²) in [5.74, 6) is 0.541. The zero-order chi connectivity index (χ0) is 25.2. The molecule has 3 heterocycles. The highest BCUT2D eigenvalue weighted by Crippen LogP contribution is 2.47. The number of aromatic nitrogens is 1. The lowest BCUT2D eigenvalue weighted by Gasteiger charge is -2.40. The molecule has 186 valence electrons. The van der Waals surface area contributed by atoms with Gasteiger partial charge in [-0.2, -0.15) is 0 Å². The van der Waals surface area contributed by atoms with Gasteiger partial charge in [0.25, 0.3) is 0 Å². The minimum absolute atomic E-state index is 0.0958. The molecule has 36 heavy (non-hydrogen) atoms. The number of amides is 1. The van der Waals surface area contributed by atoms with Gasteiger partial charge in [-0.3, -0.25) is 9.69 Å². The number of anilines is 4. The van der Waals surface area contributed by atoms with E-state index >= 15 is 0 Å². The molecule has 1 fully saturated rings. The first-order valence-electron chi connectivity index (χ1n) is 11.8. The molecule has 1 aromatic heterocycles. The van der Waals surface area contributed by atoms with Gasteiger partial charge in [0.2, 0.25) is 12.3 Å². The number of ether oxygens (including phenoxy) is 1. The number of nitrogens with zero attached hydrogens (tertiary/aromatic N) is 4. The number of aliphatic hydroxyl groups excluding tert-OH is 1. The fourth-order valence-corrected chi connectivity index (χ4v) is 4.89. The van der Waals surface area contributed by atoms with E-state index in [2.05, 4.69) is 11.6 Å². The summed E-state index contributed by atoms with van der Waals surface area (Å²) in [6.07, 6.45) is 3.57. The van der Waals surface area contributed by atoms with Gasteiger partial charge in [0.05, 0.1) is 11.7 Å². The highest BCUT2D eigenvalue weighted by Gasteiger charge is 2.42. The molecule has 5 rings (SSSR count). The van der Waals surface area contributed by atoms with Crippen molar-refractivity contribution in [2.75, 3.05) is 28.6 Å². The first-order chi connectivity index (χ1) is 17.5. The van der Waals surface area contributed by atoms with Crippen molar-refractivity contribution in [1.29, 1.82) is 0 Å². The summed E-state index contributed by atoms with van der Waals surface area (Å²) < 4.78 is 19.0. The van der Waals surface area contributed by atoms with Gasteiger partial charge in [-0.25, -0.2) is 9.37 Å². The number of carbonyl (C=O) groups is 1. The van der Waals surface area contributed by atoms with Gasteiger partial charge >= 0.3 is 0 Å². The van der Waals surface area contributed by atoms with Crippen LogP contribution in [0.1, 0.15) is 18.4 Å². The van der Waals surface area contributed by atoms with Crippen molar-refractivity contribution in [3.05, 3.63) is 84.8 Å². The van der Waals surface area contributed by atoms with Gasteiger partial charge in [0.1, 0.15) is 29.7 Å². The SMILES string of the molecule is C=CC(=O)N1CCCC(N2c3ccnc(N)c3N(c3ccc(OCc4ccc(F)cc4)cc3)C2O)C1. The minimum atomic E-state index is -1.03. The Hall–Kier alpha value is -4.11. The van der Waals surface area contributed by atoms with Crippen molar-refractivity contribution in [2.45, 2.75) is 31.8 Å². The van der Waals surface area contributed by atoms with E-state index in [1.807, 2.05) is 35.2 Å². The molecule has 8 nitrogen and oxygen atoms in total. The smallest absolute Gasteiger partial charge is 0.246 e. The maximum atomic E-state index is 13.1. The Labute approximate surface area is 209 Å². The molecule has 1 amide bonds. The van der Waals surface area contributed by atoms with Crippen LogP contribution in [0.4, 0.5) is 27.3 Å². The predicted octanol–water partition coefficient (Wildman–Crippen LogP) is 3.79. The highest BCUT2D eigenvalue weighted by atomic mass is 19.1. The molecule has 3 N–H and O–H groups in total. The second kappa shape index (κ2) is 9.87. The minimum Gasteiger partial charge on any atom is -0.489 e. The van der Waals surface area contributed by atoms with Crippen molar-refractivity contribution in [1.82, 2.24) is 9.88 Å². The van der Waals surface area contributed by atoms with E-state index in [9.17, 15) is 14.3 Å². The van der Waals surface area contributed by atoms with E-state index in [4.69, 9.17) is 10.5 Å². The number of nitrogen functional groups attached to an aromatic ring is 1. The van der Waals surface area contributed by atoms with Crippen LogP contribution < -0.4 is 20.3 Å². The molecule has 0 spiro atoms. The monoisotopic (exact) mass is 489 g/mol. The number of fused-ring (bicyclic) bond motifs is 1. The highest BCUT2D eigenvalue weighted by molar-refractivity contribution is 5.90. The van der Waals surface area contributed by atoms with Crippen LogP contribution in [-0.2, 0) is 11.4 Å². The molecule has 2 atom stereocenters. The second-order valence-corrected chi connectivity index (χ2v) is 8.88. The van der Waals surface area contributed by atoms with Gasteiger partial charge in [-0.15, -0.1) is 0 Å². The molecule has 2 aliphatic rings. The summed E-state index contributed by atoms with van der Waals surface area (Å²) in [4.78, 5) is 21.9. The number of aliphatic hydroxyl groups is 1. The summed E-state index contributed by atoms with van der Waals surface area (Å²) >= 11 is 0. The Morgan fingerprint density at radius 1 is 1.19 bits per heavy atom. The summed E-state index contributed by atoms with van der Waals surface area (Å²) in [7, 11) is 0. The lowest BCUT2D eigenvalue weighted by Crippen LogP contribution is -2.54. The topological polar surface area (TPSA) is 95.2 Å². The van der Waals surface area contributed by atoms with Crippen LogP contribution >= 0.6 is 0 Å². The summed E-state index contributed by atoms with van der Waals surface area (Å²) in [6.45, 7) is 5.05. The molecule has 2 aliphatic heterocycles. The van der Waals surface area contributed by atoms with Crippen molar-refractivity contribution >= 4 is 28.8 Å². The number of halogens is 1. The molecule has 0 aliphatic carbocycles. The Balaban J connectivity index is 1.38. The molecule has 2 unspecified atom stereocenters. The number of carbonyl (C=O) groups excluding carboxylic acids is 1. The van der Waals surface area contributed by atoms with Gasteiger partial charge in [0.15, 0.2) is 0 Å². The third-order valence-corrected chi connectivity index (χ3v) is 6.64. The van der Waals surface area contributed by atoms with E-state index in [1.54, 1.807) is 28.1 Å². The van der Waals surface area contributed by atoms with Crippen molar-refractivity contribution in [3.8, 4) is 5.75 Å². The summed E-state index contributed by atoms with van der Waals surface area (Å²) in [6, 6.07) is 15.2. The van der Waals surface area contributed by atoms with Gasteiger partial charge in [0, 0.05) is 25.0 Å². The van der Waals surface area contributed by atoms with Crippen LogP contribution in [0, 0.1) is 5.82 Å². The largest absolute Gasteiger partial charge is 0.489 e. The average Bonchev–Trinajstić information content (AvgIpc) is 3.21. The van der Waals surface area contributed by atoms with E-state index in [0.717, 1.165) is 29.8 Å². The number of rotatable bonds is 6. The van der Waals surface area contributed by atoms with Gasteiger partial charge < -0.3 is 25.4 Å². The van der Waals surface area contributed by atoms with E-state index in [0.29, 0.717) is 37.0 Å². The Morgan fingerprint density at radius 3 is 2.67 bits per heavy atom. The number of pyridine rings is 1. The first-order valence-corrected chi connectivity index (χ1v) is 11.8.